The van der Waals surface area contributed by atoms with Gasteiger partial charge in [0.1, 0.15) is 0 Å². The van der Waals surface area contributed by atoms with Crippen molar-refractivity contribution < 1.29 is 13.2 Å². The van der Waals surface area contributed by atoms with Gasteiger partial charge in [0.15, 0.2) is 0 Å². The molecular formula is C13H12F3N3. The molecule has 1 aromatic heterocycles. The summed E-state index contributed by atoms with van der Waals surface area (Å²) in [6.07, 6.45) is -2.37. The Kier molecular flexibility index (Phi) is 3.76. The van der Waals surface area contributed by atoms with Crippen LogP contribution in [0.3, 0.4) is 0 Å². The zero-order valence-corrected chi connectivity index (χ0v) is 10.0. The van der Waals surface area contributed by atoms with Crippen LogP contribution >= 0.6 is 0 Å². The second kappa shape index (κ2) is 5.33. The first kappa shape index (κ1) is 13.4. The summed E-state index contributed by atoms with van der Waals surface area (Å²) in [6.45, 7) is -0.292. The SMILES string of the molecule is N#Cc1ccc2c(ccn2CCNCC(F)(F)F)c1. The van der Waals surface area contributed by atoms with Gasteiger partial charge >= 0.3 is 6.18 Å². The van der Waals surface area contributed by atoms with Gasteiger partial charge in [-0.15, -0.1) is 0 Å². The van der Waals surface area contributed by atoms with Crippen molar-refractivity contribution in [2.45, 2.75) is 12.7 Å². The molecule has 0 unspecified atom stereocenters. The smallest absolute Gasteiger partial charge is 0.346 e. The molecular weight excluding hydrogens is 255 g/mol. The van der Waals surface area contributed by atoms with Gasteiger partial charge in [-0.3, -0.25) is 0 Å². The molecule has 1 N–H and O–H groups in total. The van der Waals surface area contributed by atoms with Crippen molar-refractivity contribution in [1.82, 2.24) is 9.88 Å². The molecule has 0 aliphatic heterocycles. The van der Waals surface area contributed by atoms with Crippen LogP contribution < -0.4 is 5.32 Å². The summed E-state index contributed by atoms with van der Waals surface area (Å²) >= 11 is 0. The Morgan fingerprint density at radius 3 is 2.74 bits per heavy atom. The van der Waals surface area contributed by atoms with Crippen molar-refractivity contribution in [3.8, 4) is 6.07 Å². The molecule has 1 heterocycles. The molecule has 0 saturated heterocycles. The Hall–Kier alpha value is -2.00. The number of nitrogens with one attached hydrogen (secondary N) is 1. The number of halogens is 3. The molecule has 100 valence electrons. The molecule has 0 radical (unpaired) electrons. The number of nitriles is 1. The highest BCUT2D eigenvalue weighted by molar-refractivity contribution is 5.81. The van der Waals surface area contributed by atoms with E-state index in [1.807, 2.05) is 10.6 Å². The quantitative estimate of drug-likeness (QED) is 0.865. The van der Waals surface area contributed by atoms with Crippen LogP contribution in [0.4, 0.5) is 13.2 Å². The summed E-state index contributed by atoms with van der Waals surface area (Å²) in [7, 11) is 0. The van der Waals surface area contributed by atoms with Crippen LogP contribution in [0.2, 0.25) is 0 Å². The van der Waals surface area contributed by atoms with Gasteiger partial charge in [0.2, 0.25) is 0 Å². The molecule has 0 fully saturated rings. The van der Waals surface area contributed by atoms with Crippen molar-refractivity contribution in [3.63, 3.8) is 0 Å². The summed E-state index contributed by atoms with van der Waals surface area (Å²) in [6, 6.07) is 9.16. The second-order valence-electron chi connectivity index (χ2n) is 4.19. The lowest BCUT2D eigenvalue weighted by Crippen LogP contribution is -2.31. The predicted octanol–water partition coefficient (Wildman–Crippen LogP) is 2.66. The molecule has 0 amide bonds. The highest BCUT2D eigenvalue weighted by Crippen LogP contribution is 2.17. The number of alkyl halides is 3. The minimum Gasteiger partial charge on any atom is -0.346 e. The molecule has 19 heavy (non-hydrogen) atoms. The van der Waals surface area contributed by atoms with Gasteiger partial charge in [-0.1, -0.05) is 0 Å². The molecule has 1 aromatic carbocycles. The maximum atomic E-state index is 12.0. The van der Waals surface area contributed by atoms with E-state index in [0.29, 0.717) is 12.1 Å². The normalized spacial score (nSPS) is 11.7. The molecule has 2 rings (SSSR count). The number of aromatic nitrogens is 1. The molecule has 0 saturated carbocycles. The molecule has 0 aliphatic carbocycles. The van der Waals surface area contributed by atoms with Gasteiger partial charge in [0.25, 0.3) is 0 Å². The number of rotatable bonds is 4. The van der Waals surface area contributed by atoms with E-state index in [-0.39, 0.29) is 6.54 Å². The average molecular weight is 267 g/mol. The van der Waals surface area contributed by atoms with Gasteiger partial charge < -0.3 is 9.88 Å². The Balaban J connectivity index is 2.00. The molecule has 0 bridgehead atoms. The van der Waals surface area contributed by atoms with Crippen LogP contribution in [0.1, 0.15) is 5.56 Å². The summed E-state index contributed by atoms with van der Waals surface area (Å²) < 4.78 is 37.7. The lowest BCUT2D eigenvalue weighted by Gasteiger charge is -2.09. The monoisotopic (exact) mass is 267 g/mol. The third-order valence-corrected chi connectivity index (χ3v) is 2.76. The van der Waals surface area contributed by atoms with E-state index in [2.05, 4.69) is 11.4 Å². The van der Waals surface area contributed by atoms with Crippen LogP contribution in [0.5, 0.6) is 0 Å². The fourth-order valence-corrected chi connectivity index (χ4v) is 1.89. The van der Waals surface area contributed by atoms with E-state index in [1.54, 1.807) is 24.4 Å². The van der Waals surface area contributed by atoms with E-state index in [9.17, 15) is 13.2 Å². The minimum atomic E-state index is -4.18. The average Bonchev–Trinajstić information content (AvgIpc) is 2.75. The van der Waals surface area contributed by atoms with Crippen LogP contribution in [0.25, 0.3) is 10.9 Å². The topological polar surface area (TPSA) is 40.8 Å². The number of hydrogen-bond donors (Lipinski definition) is 1. The van der Waals surface area contributed by atoms with Gasteiger partial charge in [0, 0.05) is 30.2 Å². The molecule has 6 heteroatoms. The van der Waals surface area contributed by atoms with Crippen LogP contribution in [0.15, 0.2) is 30.5 Å². The molecule has 0 atom stereocenters. The Morgan fingerprint density at radius 1 is 1.26 bits per heavy atom. The van der Waals surface area contributed by atoms with E-state index < -0.39 is 12.7 Å². The highest BCUT2D eigenvalue weighted by atomic mass is 19.4. The Morgan fingerprint density at radius 2 is 2.05 bits per heavy atom. The lowest BCUT2D eigenvalue weighted by molar-refractivity contribution is -0.124. The van der Waals surface area contributed by atoms with E-state index >= 15 is 0 Å². The van der Waals surface area contributed by atoms with Crippen LogP contribution in [-0.2, 0) is 6.54 Å². The maximum Gasteiger partial charge on any atom is 0.401 e. The highest BCUT2D eigenvalue weighted by Gasteiger charge is 2.25. The van der Waals surface area contributed by atoms with E-state index in [0.717, 1.165) is 10.9 Å². The number of fused-ring (bicyclic) bond motifs is 1. The third-order valence-electron chi connectivity index (χ3n) is 2.76. The van der Waals surface area contributed by atoms with Crippen molar-refractivity contribution in [2.75, 3.05) is 13.1 Å². The molecule has 3 nitrogen and oxygen atoms in total. The summed E-state index contributed by atoms with van der Waals surface area (Å²) in [5, 5.41) is 12.0. The standard InChI is InChI=1S/C13H12F3N3/c14-13(15,16)9-18-4-6-19-5-3-11-7-10(8-17)1-2-12(11)19/h1-3,5,7,18H,4,6,9H2. The second-order valence-corrected chi connectivity index (χ2v) is 4.19. The van der Waals surface area contributed by atoms with Gasteiger partial charge in [-0.2, -0.15) is 18.4 Å². The fraction of sp³-hybridized carbons (Fsp3) is 0.308. The van der Waals surface area contributed by atoms with Crippen molar-refractivity contribution in [1.29, 1.82) is 5.26 Å². The first-order valence-electron chi connectivity index (χ1n) is 5.76. The zero-order valence-electron chi connectivity index (χ0n) is 10.0. The Bertz CT molecular complexity index is 608. The molecule has 0 aliphatic rings. The number of benzene rings is 1. The van der Waals surface area contributed by atoms with E-state index in [1.165, 1.54) is 0 Å². The van der Waals surface area contributed by atoms with Crippen LogP contribution in [0, 0.1) is 11.3 Å². The van der Waals surface area contributed by atoms with Crippen LogP contribution in [-0.4, -0.2) is 23.8 Å². The largest absolute Gasteiger partial charge is 0.401 e. The fourth-order valence-electron chi connectivity index (χ4n) is 1.89. The van der Waals surface area contributed by atoms with Gasteiger partial charge in [-0.25, -0.2) is 0 Å². The number of hydrogen-bond acceptors (Lipinski definition) is 2. The van der Waals surface area contributed by atoms with Gasteiger partial charge in [0.05, 0.1) is 18.2 Å². The summed E-state index contributed by atoms with van der Waals surface area (Å²) in [5.41, 5.74) is 1.48. The Labute approximate surface area is 108 Å². The zero-order chi connectivity index (χ0) is 13.9. The minimum absolute atomic E-state index is 0.239. The third kappa shape index (κ3) is 3.48. The first-order valence-corrected chi connectivity index (χ1v) is 5.76. The predicted molar refractivity (Wildman–Crippen MR) is 65.6 cm³/mol. The number of nitrogens with zero attached hydrogens (tertiary/aromatic N) is 2. The summed E-state index contributed by atoms with van der Waals surface area (Å²) in [5.74, 6) is 0. The van der Waals surface area contributed by atoms with Crippen molar-refractivity contribution in [2.24, 2.45) is 0 Å². The van der Waals surface area contributed by atoms with Crippen molar-refractivity contribution in [3.05, 3.63) is 36.0 Å². The maximum absolute atomic E-state index is 12.0. The van der Waals surface area contributed by atoms with E-state index in [4.69, 9.17) is 5.26 Å². The van der Waals surface area contributed by atoms with Crippen molar-refractivity contribution >= 4 is 10.9 Å². The molecule has 0 spiro atoms. The molecule has 2 aromatic rings. The summed E-state index contributed by atoms with van der Waals surface area (Å²) in [4.78, 5) is 0. The first-order chi connectivity index (χ1) is 8.99. The lowest BCUT2D eigenvalue weighted by atomic mass is 10.2. The van der Waals surface area contributed by atoms with Gasteiger partial charge in [-0.05, 0) is 24.3 Å².